The highest BCUT2D eigenvalue weighted by atomic mass is 32.2. The fraction of sp³-hybridized carbons (Fsp3) is 0.368. The van der Waals surface area contributed by atoms with Crippen LogP contribution in [0.25, 0.3) is 0 Å². The monoisotopic (exact) mass is 329 g/mol. The molecule has 0 bridgehead atoms. The summed E-state index contributed by atoms with van der Waals surface area (Å²) in [5, 5.41) is 0. The molecule has 4 heteroatoms. The number of hydrogen-bond donors (Lipinski definition) is 1. The first kappa shape index (κ1) is 16.2. The molecule has 1 aliphatic carbocycles. The van der Waals surface area contributed by atoms with Gasteiger partial charge in [-0.05, 0) is 80.0 Å². The van der Waals surface area contributed by atoms with Crippen LogP contribution in [0, 0.1) is 0 Å². The molecular weight excluding hydrogens is 306 g/mol. The Balaban J connectivity index is 1.95. The summed E-state index contributed by atoms with van der Waals surface area (Å²) in [6, 6.07) is 14.3. The largest absolute Gasteiger partial charge is 0.330 e. The van der Waals surface area contributed by atoms with Gasteiger partial charge in [-0.1, -0.05) is 24.3 Å². The molecular formula is C19H23NO2S. The van der Waals surface area contributed by atoms with E-state index in [4.69, 9.17) is 5.73 Å². The third-order valence-corrected chi connectivity index (χ3v) is 6.44. The van der Waals surface area contributed by atoms with E-state index in [1.807, 2.05) is 18.2 Å². The SMILES string of the molecule is NCCC[C@H]1CCCc2cc(S(=O)(=O)c3ccccc3)ccc21. The smallest absolute Gasteiger partial charge is 0.206 e. The topological polar surface area (TPSA) is 60.2 Å². The average Bonchev–Trinajstić information content (AvgIpc) is 2.60. The van der Waals surface area contributed by atoms with Gasteiger partial charge >= 0.3 is 0 Å². The van der Waals surface area contributed by atoms with Crippen molar-refractivity contribution in [3.05, 3.63) is 59.7 Å². The third kappa shape index (κ3) is 3.33. The molecule has 0 fully saturated rings. The second-order valence-corrected chi connectivity index (χ2v) is 8.15. The first-order valence-corrected chi connectivity index (χ1v) is 9.74. The number of rotatable bonds is 5. The van der Waals surface area contributed by atoms with Gasteiger partial charge in [0.1, 0.15) is 0 Å². The molecule has 0 aliphatic heterocycles. The van der Waals surface area contributed by atoms with Crippen molar-refractivity contribution in [3.8, 4) is 0 Å². The lowest BCUT2D eigenvalue weighted by Gasteiger charge is -2.26. The molecule has 2 aromatic carbocycles. The maximum absolute atomic E-state index is 12.8. The van der Waals surface area contributed by atoms with Gasteiger partial charge in [-0.2, -0.15) is 0 Å². The van der Waals surface area contributed by atoms with Gasteiger partial charge in [0, 0.05) is 0 Å². The molecule has 2 N–H and O–H groups in total. The Morgan fingerprint density at radius 3 is 2.57 bits per heavy atom. The molecule has 122 valence electrons. The summed E-state index contributed by atoms with van der Waals surface area (Å²) < 4.78 is 25.5. The van der Waals surface area contributed by atoms with E-state index in [1.165, 1.54) is 17.5 Å². The summed E-state index contributed by atoms with van der Waals surface area (Å²) in [5.74, 6) is 0.524. The summed E-state index contributed by atoms with van der Waals surface area (Å²) in [6.07, 6.45) is 5.38. The zero-order chi connectivity index (χ0) is 16.3. The van der Waals surface area contributed by atoms with Crippen molar-refractivity contribution in [2.24, 2.45) is 5.73 Å². The second kappa shape index (κ2) is 6.85. The Morgan fingerprint density at radius 1 is 1.04 bits per heavy atom. The highest BCUT2D eigenvalue weighted by molar-refractivity contribution is 7.91. The lowest BCUT2D eigenvalue weighted by molar-refractivity contribution is 0.506. The predicted octanol–water partition coefficient (Wildman–Crippen LogP) is 3.68. The minimum absolute atomic E-state index is 0.357. The summed E-state index contributed by atoms with van der Waals surface area (Å²) >= 11 is 0. The van der Waals surface area contributed by atoms with Gasteiger partial charge in [0.15, 0.2) is 0 Å². The molecule has 23 heavy (non-hydrogen) atoms. The number of sulfone groups is 1. The molecule has 0 heterocycles. The van der Waals surface area contributed by atoms with E-state index in [0.29, 0.717) is 22.3 Å². The zero-order valence-electron chi connectivity index (χ0n) is 13.2. The van der Waals surface area contributed by atoms with Gasteiger partial charge in [-0.25, -0.2) is 8.42 Å². The van der Waals surface area contributed by atoms with E-state index in [1.54, 1.807) is 30.3 Å². The molecule has 2 aromatic rings. The van der Waals surface area contributed by atoms with Gasteiger partial charge < -0.3 is 5.73 Å². The van der Waals surface area contributed by atoms with Crippen LogP contribution >= 0.6 is 0 Å². The molecule has 3 rings (SSSR count). The molecule has 0 saturated carbocycles. The maximum atomic E-state index is 12.8. The van der Waals surface area contributed by atoms with Crippen LogP contribution in [-0.2, 0) is 16.3 Å². The van der Waals surface area contributed by atoms with Crippen LogP contribution in [-0.4, -0.2) is 15.0 Å². The fourth-order valence-electron chi connectivity index (χ4n) is 3.46. The summed E-state index contributed by atoms with van der Waals surface area (Å²) in [4.78, 5) is 0.761. The van der Waals surface area contributed by atoms with Gasteiger partial charge in [0.05, 0.1) is 9.79 Å². The highest BCUT2D eigenvalue weighted by Crippen LogP contribution is 2.36. The van der Waals surface area contributed by atoms with Crippen LogP contribution in [0.3, 0.4) is 0 Å². The Hall–Kier alpha value is -1.65. The van der Waals surface area contributed by atoms with E-state index in [0.717, 1.165) is 25.7 Å². The summed E-state index contributed by atoms with van der Waals surface area (Å²) in [5.41, 5.74) is 8.14. The molecule has 0 unspecified atom stereocenters. The fourth-order valence-corrected chi connectivity index (χ4v) is 4.79. The van der Waals surface area contributed by atoms with Gasteiger partial charge in [0.25, 0.3) is 0 Å². The van der Waals surface area contributed by atoms with Crippen molar-refractivity contribution >= 4 is 9.84 Å². The molecule has 3 nitrogen and oxygen atoms in total. The number of hydrogen-bond acceptors (Lipinski definition) is 3. The molecule has 0 amide bonds. The van der Waals surface area contributed by atoms with E-state index in [2.05, 4.69) is 0 Å². The van der Waals surface area contributed by atoms with E-state index in [-0.39, 0.29) is 0 Å². The molecule has 0 radical (unpaired) electrons. The predicted molar refractivity (Wildman–Crippen MR) is 92.3 cm³/mol. The van der Waals surface area contributed by atoms with Gasteiger partial charge in [-0.15, -0.1) is 0 Å². The zero-order valence-corrected chi connectivity index (χ0v) is 14.1. The van der Waals surface area contributed by atoms with Gasteiger partial charge in [0.2, 0.25) is 9.84 Å². The minimum Gasteiger partial charge on any atom is -0.330 e. The standard InChI is InChI=1S/C19H23NO2S/c20-13-5-8-15-6-4-7-16-14-18(11-12-19(15)16)23(21,22)17-9-2-1-3-10-17/h1-3,9-12,14-15H,4-8,13,20H2/t15-/m1/s1. The molecule has 1 atom stereocenters. The quantitative estimate of drug-likeness (QED) is 0.910. The summed E-state index contributed by atoms with van der Waals surface area (Å²) in [6.45, 7) is 0.715. The number of fused-ring (bicyclic) bond motifs is 1. The van der Waals surface area contributed by atoms with Crippen molar-refractivity contribution in [1.82, 2.24) is 0 Å². The van der Waals surface area contributed by atoms with Crippen LogP contribution < -0.4 is 5.73 Å². The number of nitrogens with two attached hydrogens (primary N) is 1. The number of aryl methyl sites for hydroxylation is 1. The maximum Gasteiger partial charge on any atom is 0.206 e. The minimum atomic E-state index is -3.43. The van der Waals surface area contributed by atoms with E-state index < -0.39 is 9.84 Å². The molecule has 1 aliphatic rings. The normalized spacial score (nSPS) is 17.7. The highest BCUT2D eigenvalue weighted by Gasteiger charge is 2.23. The summed E-state index contributed by atoms with van der Waals surface area (Å²) in [7, 11) is -3.43. The lowest BCUT2D eigenvalue weighted by atomic mass is 9.80. The Bertz CT molecular complexity index is 769. The third-order valence-electron chi connectivity index (χ3n) is 4.67. The van der Waals surface area contributed by atoms with E-state index in [9.17, 15) is 8.42 Å². The van der Waals surface area contributed by atoms with Crippen LogP contribution in [0.4, 0.5) is 0 Å². The van der Waals surface area contributed by atoms with E-state index >= 15 is 0 Å². The Kier molecular flexibility index (Phi) is 4.83. The van der Waals surface area contributed by atoms with Crippen LogP contribution in [0.2, 0.25) is 0 Å². The van der Waals surface area contributed by atoms with Gasteiger partial charge in [-0.3, -0.25) is 0 Å². The van der Waals surface area contributed by atoms with Crippen molar-refractivity contribution < 1.29 is 8.42 Å². The average molecular weight is 329 g/mol. The van der Waals surface area contributed by atoms with Crippen molar-refractivity contribution in [2.45, 2.75) is 47.8 Å². The molecule has 0 spiro atoms. The first-order valence-electron chi connectivity index (χ1n) is 8.26. The van der Waals surface area contributed by atoms with Crippen LogP contribution in [0.15, 0.2) is 58.3 Å². The van der Waals surface area contributed by atoms with Crippen molar-refractivity contribution in [2.75, 3.05) is 6.54 Å². The van der Waals surface area contributed by atoms with Crippen molar-refractivity contribution in [3.63, 3.8) is 0 Å². The molecule has 0 aromatic heterocycles. The Labute approximate surface area is 138 Å². The lowest BCUT2D eigenvalue weighted by Crippen LogP contribution is -2.13. The first-order chi connectivity index (χ1) is 11.1. The van der Waals surface area contributed by atoms with Crippen LogP contribution in [0.5, 0.6) is 0 Å². The number of benzene rings is 2. The van der Waals surface area contributed by atoms with Crippen LogP contribution in [0.1, 0.15) is 42.7 Å². The second-order valence-electron chi connectivity index (χ2n) is 6.20. The molecule has 0 saturated heterocycles. The van der Waals surface area contributed by atoms with Crippen molar-refractivity contribution in [1.29, 1.82) is 0 Å². The Morgan fingerprint density at radius 2 is 1.83 bits per heavy atom.